The van der Waals surface area contributed by atoms with Gasteiger partial charge in [-0.25, -0.2) is 0 Å². The maximum absolute atomic E-state index is 4.47. The van der Waals surface area contributed by atoms with E-state index < -0.39 is 0 Å². The molecule has 0 spiro atoms. The summed E-state index contributed by atoms with van der Waals surface area (Å²) in [5.74, 6) is 1.83. The summed E-state index contributed by atoms with van der Waals surface area (Å²) in [7, 11) is 0. The summed E-state index contributed by atoms with van der Waals surface area (Å²) in [6.07, 6.45) is 3.37. The maximum atomic E-state index is 4.47. The average molecular weight is 226 g/mol. The molecule has 0 radical (unpaired) electrons. The number of para-hydroxylation sites is 1. The van der Waals surface area contributed by atoms with Crippen LogP contribution in [0, 0.1) is 11.8 Å². The monoisotopic (exact) mass is 226 g/mol. The van der Waals surface area contributed by atoms with Gasteiger partial charge >= 0.3 is 0 Å². The summed E-state index contributed by atoms with van der Waals surface area (Å²) >= 11 is 0. The van der Waals surface area contributed by atoms with E-state index in [1.54, 1.807) is 0 Å². The molecule has 0 aliphatic heterocycles. The number of rotatable bonds is 4. The van der Waals surface area contributed by atoms with Crippen LogP contribution in [-0.2, 0) is 6.54 Å². The van der Waals surface area contributed by atoms with Crippen LogP contribution >= 0.6 is 0 Å². The first-order valence-electron chi connectivity index (χ1n) is 6.37. The van der Waals surface area contributed by atoms with E-state index in [0.717, 1.165) is 30.4 Å². The van der Waals surface area contributed by atoms with Crippen LogP contribution in [0.25, 0.3) is 10.9 Å². The second kappa shape index (κ2) is 4.46. The van der Waals surface area contributed by atoms with Crippen molar-refractivity contribution in [1.82, 2.24) is 10.3 Å². The fraction of sp³-hybridized carbons (Fsp3) is 0.400. The Morgan fingerprint density at radius 3 is 3.00 bits per heavy atom. The van der Waals surface area contributed by atoms with Crippen LogP contribution in [0.5, 0.6) is 0 Å². The molecule has 3 rings (SSSR count). The largest absolute Gasteiger partial charge is 0.312 e. The van der Waals surface area contributed by atoms with Crippen LogP contribution in [0.1, 0.15) is 18.9 Å². The maximum Gasteiger partial charge on any atom is 0.0702 e. The molecular formula is C15H18N2. The summed E-state index contributed by atoms with van der Waals surface area (Å²) in [6, 6.07) is 10.5. The van der Waals surface area contributed by atoms with Gasteiger partial charge in [0.2, 0.25) is 0 Å². The van der Waals surface area contributed by atoms with Gasteiger partial charge in [0.05, 0.1) is 5.52 Å². The van der Waals surface area contributed by atoms with Crippen LogP contribution in [0.2, 0.25) is 0 Å². The van der Waals surface area contributed by atoms with E-state index in [1.807, 2.05) is 12.3 Å². The zero-order chi connectivity index (χ0) is 11.7. The van der Waals surface area contributed by atoms with Gasteiger partial charge in [-0.3, -0.25) is 4.98 Å². The summed E-state index contributed by atoms with van der Waals surface area (Å²) in [6.45, 7) is 4.40. The van der Waals surface area contributed by atoms with Crippen molar-refractivity contribution in [2.24, 2.45) is 11.8 Å². The Hall–Kier alpha value is -1.41. The Bertz CT molecular complexity index is 521. The minimum atomic E-state index is 0.906. The first-order chi connectivity index (χ1) is 8.33. The highest BCUT2D eigenvalue weighted by molar-refractivity contribution is 5.78. The molecule has 2 aromatic rings. The Morgan fingerprint density at radius 1 is 1.35 bits per heavy atom. The number of benzene rings is 1. The van der Waals surface area contributed by atoms with E-state index in [0.29, 0.717) is 0 Å². The van der Waals surface area contributed by atoms with Crippen molar-refractivity contribution in [3.8, 4) is 0 Å². The topological polar surface area (TPSA) is 24.9 Å². The van der Waals surface area contributed by atoms with Gasteiger partial charge in [0.25, 0.3) is 0 Å². The van der Waals surface area contributed by atoms with Crippen LogP contribution in [0.3, 0.4) is 0 Å². The van der Waals surface area contributed by atoms with Gasteiger partial charge in [0.15, 0.2) is 0 Å². The molecule has 2 unspecified atom stereocenters. The molecule has 1 aromatic heterocycles. The summed E-state index contributed by atoms with van der Waals surface area (Å²) in [5, 5.41) is 4.75. The molecule has 0 bridgehead atoms. The Balaban J connectivity index is 1.64. The Kier molecular flexibility index (Phi) is 2.81. The minimum Gasteiger partial charge on any atom is -0.312 e. The van der Waals surface area contributed by atoms with Crippen LogP contribution < -0.4 is 5.32 Å². The molecule has 1 aliphatic rings. The highest BCUT2D eigenvalue weighted by Gasteiger charge is 2.31. The fourth-order valence-electron chi connectivity index (χ4n) is 2.30. The highest BCUT2D eigenvalue weighted by atomic mass is 14.9. The number of hydrogen-bond acceptors (Lipinski definition) is 2. The molecule has 88 valence electrons. The van der Waals surface area contributed by atoms with Gasteiger partial charge in [0.1, 0.15) is 0 Å². The van der Waals surface area contributed by atoms with Crippen molar-refractivity contribution < 1.29 is 0 Å². The van der Waals surface area contributed by atoms with Gasteiger partial charge in [-0.15, -0.1) is 0 Å². The van der Waals surface area contributed by atoms with Crippen LogP contribution in [0.15, 0.2) is 36.5 Å². The molecule has 1 fully saturated rings. The molecule has 1 aromatic carbocycles. The van der Waals surface area contributed by atoms with E-state index >= 15 is 0 Å². The molecule has 0 saturated heterocycles. The number of hydrogen-bond donors (Lipinski definition) is 1. The van der Waals surface area contributed by atoms with Gasteiger partial charge in [-0.05, 0) is 42.5 Å². The van der Waals surface area contributed by atoms with Gasteiger partial charge in [-0.2, -0.15) is 0 Å². The van der Waals surface area contributed by atoms with Crippen molar-refractivity contribution in [2.75, 3.05) is 6.54 Å². The average Bonchev–Trinajstić information content (AvgIpc) is 3.05. The molecule has 17 heavy (non-hydrogen) atoms. The summed E-state index contributed by atoms with van der Waals surface area (Å²) < 4.78 is 0. The standard InChI is InChI=1S/C15H18N2/c1-11-6-14(11)10-16-8-12-7-13-4-2-3-5-15(13)17-9-12/h2-5,7,9,11,14,16H,6,8,10H2,1H3. The zero-order valence-electron chi connectivity index (χ0n) is 10.2. The minimum absolute atomic E-state index is 0.906. The molecule has 1 saturated carbocycles. The number of fused-ring (bicyclic) bond motifs is 1. The number of nitrogens with zero attached hydrogens (tertiary/aromatic N) is 1. The summed E-state index contributed by atoms with van der Waals surface area (Å²) in [5.41, 5.74) is 2.35. The second-order valence-electron chi connectivity index (χ2n) is 5.14. The van der Waals surface area contributed by atoms with E-state index in [2.05, 4.69) is 41.5 Å². The fourth-order valence-corrected chi connectivity index (χ4v) is 2.30. The van der Waals surface area contributed by atoms with E-state index in [1.165, 1.54) is 17.4 Å². The van der Waals surface area contributed by atoms with Crippen molar-refractivity contribution in [3.63, 3.8) is 0 Å². The van der Waals surface area contributed by atoms with E-state index in [9.17, 15) is 0 Å². The van der Waals surface area contributed by atoms with Crippen molar-refractivity contribution in [3.05, 3.63) is 42.1 Å². The van der Waals surface area contributed by atoms with Gasteiger partial charge in [-0.1, -0.05) is 25.1 Å². The lowest BCUT2D eigenvalue weighted by Gasteiger charge is -2.05. The van der Waals surface area contributed by atoms with Crippen LogP contribution in [0.4, 0.5) is 0 Å². The van der Waals surface area contributed by atoms with E-state index in [-0.39, 0.29) is 0 Å². The first kappa shape index (κ1) is 10.7. The number of pyridine rings is 1. The molecule has 2 heteroatoms. The molecule has 0 amide bonds. The van der Waals surface area contributed by atoms with Gasteiger partial charge < -0.3 is 5.32 Å². The second-order valence-corrected chi connectivity index (χ2v) is 5.14. The normalized spacial score (nSPS) is 22.9. The molecule has 2 atom stereocenters. The quantitative estimate of drug-likeness (QED) is 0.867. The van der Waals surface area contributed by atoms with E-state index in [4.69, 9.17) is 0 Å². The third-order valence-electron chi connectivity index (χ3n) is 3.66. The lowest BCUT2D eigenvalue weighted by atomic mass is 10.1. The zero-order valence-corrected chi connectivity index (χ0v) is 10.2. The predicted octanol–water partition coefficient (Wildman–Crippen LogP) is 2.98. The third-order valence-corrected chi connectivity index (χ3v) is 3.66. The molecular weight excluding hydrogens is 208 g/mol. The van der Waals surface area contributed by atoms with Crippen molar-refractivity contribution in [1.29, 1.82) is 0 Å². The number of aromatic nitrogens is 1. The summed E-state index contributed by atoms with van der Waals surface area (Å²) in [4.78, 5) is 4.47. The lowest BCUT2D eigenvalue weighted by molar-refractivity contribution is 0.611. The SMILES string of the molecule is CC1CC1CNCc1cnc2ccccc2c1. The Morgan fingerprint density at radius 2 is 2.18 bits per heavy atom. The van der Waals surface area contributed by atoms with Gasteiger partial charge in [0, 0.05) is 18.1 Å². The first-order valence-corrected chi connectivity index (χ1v) is 6.37. The van der Waals surface area contributed by atoms with Crippen molar-refractivity contribution >= 4 is 10.9 Å². The highest BCUT2D eigenvalue weighted by Crippen LogP contribution is 2.36. The smallest absolute Gasteiger partial charge is 0.0702 e. The third kappa shape index (κ3) is 2.47. The predicted molar refractivity (Wildman–Crippen MR) is 70.7 cm³/mol. The molecule has 1 N–H and O–H groups in total. The number of nitrogens with one attached hydrogen (secondary N) is 1. The Labute approximate surface area is 102 Å². The van der Waals surface area contributed by atoms with Crippen molar-refractivity contribution in [2.45, 2.75) is 19.9 Å². The molecule has 1 aliphatic carbocycles. The molecule has 2 nitrogen and oxygen atoms in total. The molecule has 1 heterocycles. The van der Waals surface area contributed by atoms with Crippen LogP contribution in [-0.4, -0.2) is 11.5 Å². The lowest BCUT2D eigenvalue weighted by Crippen LogP contribution is -2.16.